The Hall–Kier alpha value is -1.43. The summed E-state index contributed by atoms with van der Waals surface area (Å²) in [5.74, 6) is -2.45. The van der Waals surface area contributed by atoms with Crippen molar-refractivity contribution in [1.29, 1.82) is 0 Å². The molecule has 0 aromatic rings. The Labute approximate surface area is 152 Å². The predicted octanol–water partition coefficient (Wildman–Crippen LogP) is 0.504. The fourth-order valence-corrected chi connectivity index (χ4v) is 3.11. The van der Waals surface area contributed by atoms with Gasteiger partial charge in [-0.3, -0.25) is 19.2 Å². The first-order valence-electron chi connectivity index (χ1n) is 7.06. The number of carbonyl (C=O) groups is 4. The molecule has 0 bridgehead atoms. The van der Waals surface area contributed by atoms with Crippen LogP contribution in [0.2, 0.25) is 0 Å². The van der Waals surface area contributed by atoms with Crippen molar-refractivity contribution in [1.82, 2.24) is 0 Å². The lowest BCUT2D eigenvalue weighted by Crippen LogP contribution is -2.60. The van der Waals surface area contributed by atoms with Crippen LogP contribution in [0.4, 0.5) is 0 Å². The van der Waals surface area contributed by atoms with Gasteiger partial charge in [0.2, 0.25) is 0 Å². The summed E-state index contributed by atoms with van der Waals surface area (Å²) in [6.45, 7) is 4.55. The third-order valence-electron chi connectivity index (χ3n) is 2.93. The summed E-state index contributed by atoms with van der Waals surface area (Å²) < 4.78 is 25.4. The average molecular weight is 458 g/mol. The van der Waals surface area contributed by atoms with Crippen molar-refractivity contribution >= 4 is 46.5 Å². The number of alkyl halides is 1. The molecule has 1 rings (SSSR count). The van der Waals surface area contributed by atoms with Gasteiger partial charge in [-0.1, -0.05) is 0 Å². The lowest BCUT2D eigenvalue weighted by molar-refractivity contribution is -0.234. The second-order valence-electron chi connectivity index (χ2n) is 5.05. The predicted molar refractivity (Wildman–Crippen MR) is 86.0 cm³/mol. The summed E-state index contributed by atoms with van der Waals surface area (Å²) in [6, 6.07) is 0. The second kappa shape index (κ2) is 9.16. The molecule has 1 aliphatic heterocycles. The SMILES string of the molecule is CC(=O)OC[C@H]1O[C@H](I)[C@H](OC(C)=O)[C@@H](OC(C)=O)[C@@H]1OC(C)=O. The zero-order valence-electron chi connectivity index (χ0n) is 13.6. The molecule has 136 valence electrons. The average Bonchev–Trinajstić information content (AvgIpc) is 2.42. The number of halogens is 1. The van der Waals surface area contributed by atoms with Gasteiger partial charge in [-0.15, -0.1) is 0 Å². The van der Waals surface area contributed by atoms with E-state index in [0.29, 0.717) is 0 Å². The van der Waals surface area contributed by atoms with E-state index in [4.69, 9.17) is 23.7 Å². The topological polar surface area (TPSA) is 114 Å². The molecule has 1 saturated heterocycles. The number of hydrogen-bond acceptors (Lipinski definition) is 9. The maximum Gasteiger partial charge on any atom is 0.303 e. The van der Waals surface area contributed by atoms with Gasteiger partial charge in [0.25, 0.3) is 0 Å². The highest BCUT2D eigenvalue weighted by Crippen LogP contribution is 2.31. The molecule has 0 aliphatic carbocycles. The first-order chi connectivity index (χ1) is 11.1. The van der Waals surface area contributed by atoms with Crippen LogP contribution in [0.5, 0.6) is 0 Å². The highest BCUT2D eigenvalue weighted by atomic mass is 127. The van der Waals surface area contributed by atoms with Gasteiger partial charge in [-0.05, 0) is 22.6 Å². The number of esters is 4. The monoisotopic (exact) mass is 458 g/mol. The van der Waals surface area contributed by atoms with Crippen molar-refractivity contribution in [3.63, 3.8) is 0 Å². The van der Waals surface area contributed by atoms with Gasteiger partial charge in [-0.2, -0.15) is 0 Å². The van der Waals surface area contributed by atoms with E-state index >= 15 is 0 Å². The normalized spacial score (nSPS) is 29.3. The number of rotatable bonds is 5. The number of hydrogen-bond donors (Lipinski definition) is 0. The summed E-state index contributed by atoms with van der Waals surface area (Å²) >= 11 is 1.86. The van der Waals surface area contributed by atoms with E-state index in [1.54, 1.807) is 0 Å². The van der Waals surface area contributed by atoms with Crippen LogP contribution in [0, 0.1) is 0 Å². The Morgan fingerprint density at radius 2 is 1.25 bits per heavy atom. The van der Waals surface area contributed by atoms with Gasteiger partial charge in [0.15, 0.2) is 18.3 Å². The van der Waals surface area contributed by atoms with Crippen LogP contribution in [0.15, 0.2) is 0 Å². The van der Waals surface area contributed by atoms with Crippen molar-refractivity contribution in [2.75, 3.05) is 6.61 Å². The second-order valence-corrected chi connectivity index (χ2v) is 6.28. The van der Waals surface area contributed by atoms with E-state index in [9.17, 15) is 19.2 Å². The molecular formula is C14H19IO9. The molecular weight excluding hydrogens is 439 g/mol. The minimum absolute atomic E-state index is 0.211. The highest BCUT2D eigenvalue weighted by Gasteiger charge is 2.51. The van der Waals surface area contributed by atoms with Crippen molar-refractivity contribution in [3.8, 4) is 0 Å². The molecule has 0 N–H and O–H groups in total. The van der Waals surface area contributed by atoms with Gasteiger partial charge in [0.1, 0.15) is 16.8 Å². The van der Waals surface area contributed by atoms with E-state index in [0.717, 1.165) is 0 Å². The molecule has 1 fully saturated rings. The Morgan fingerprint density at radius 1 is 0.792 bits per heavy atom. The van der Waals surface area contributed by atoms with Crippen LogP contribution in [0.25, 0.3) is 0 Å². The first kappa shape index (κ1) is 20.6. The van der Waals surface area contributed by atoms with E-state index in [1.807, 2.05) is 22.6 Å². The lowest BCUT2D eigenvalue weighted by Gasteiger charge is -2.42. The molecule has 1 aliphatic rings. The molecule has 9 nitrogen and oxygen atoms in total. The van der Waals surface area contributed by atoms with Crippen LogP contribution in [-0.4, -0.2) is 59.0 Å². The minimum Gasteiger partial charge on any atom is -0.463 e. The van der Waals surface area contributed by atoms with Crippen LogP contribution >= 0.6 is 22.6 Å². The van der Waals surface area contributed by atoms with Gasteiger partial charge < -0.3 is 23.7 Å². The molecule has 0 unspecified atom stereocenters. The Balaban J connectivity index is 3.11. The molecule has 0 radical (unpaired) electrons. The van der Waals surface area contributed by atoms with Gasteiger partial charge in [-0.25, -0.2) is 0 Å². The quantitative estimate of drug-likeness (QED) is 0.252. The number of ether oxygens (including phenoxy) is 5. The van der Waals surface area contributed by atoms with Crippen LogP contribution in [0.3, 0.4) is 0 Å². The fraction of sp³-hybridized carbons (Fsp3) is 0.714. The summed E-state index contributed by atoms with van der Waals surface area (Å²) in [7, 11) is 0. The highest BCUT2D eigenvalue weighted by molar-refractivity contribution is 14.1. The maximum atomic E-state index is 11.4. The van der Waals surface area contributed by atoms with E-state index < -0.39 is 52.4 Å². The summed E-state index contributed by atoms with van der Waals surface area (Å²) in [5, 5.41) is 0. The van der Waals surface area contributed by atoms with Gasteiger partial charge in [0.05, 0.1) is 0 Å². The summed E-state index contributed by atoms with van der Waals surface area (Å²) in [4.78, 5) is 45.2. The smallest absolute Gasteiger partial charge is 0.303 e. The standard InChI is InChI=1S/C14H19IO9/c1-6(16)20-5-10-11(21-7(2)17)12(22-8(3)18)13(14(15)24-10)23-9(4)19/h10-14H,5H2,1-4H3/t10-,11-,12+,13-,14+/m1/s1. The molecule has 0 aromatic carbocycles. The summed E-state index contributed by atoms with van der Waals surface area (Å²) in [5.41, 5.74) is 0. The molecule has 0 aromatic heterocycles. The molecule has 0 saturated carbocycles. The zero-order valence-corrected chi connectivity index (χ0v) is 15.8. The van der Waals surface area contributed by atoms with Crippen molar-refractivity contribution in [2.45, 2.75) is 56.2 Å². The maximum absolute atomic E-state index is 11.4. The molecule has 0 amide bonds. The molecule has 5 atom stereocenters. The Bertz CT molecular complexity index is 506. The van der Waals surface area contributed by atoms with Gasteiger partial charge >= 0.3 is 23.9 Å². The largest absolute Gasteiger partial charge is 0.463 e. The van der Waals surface area contributed by atoms with E-state index in [-0.39, 0.29) is 6.61 Å². The Morgan fingerprint density at radius 3 is 1.71 bits per heavy atom. The first-order valence-corrected chi connectivity index (χ1v) is 8.31. The van der Waals surface area contributed by atoms with Gasteiger partial charge in [0, 0.05) is 27.7 Å². The van der Waals surface area contributed by atoms with Crippen molar-refractivity contribution in [2.24, 2.45) is 0 Å². The molecule has 10 heteroatoms. The lowest BCUT2D eigenvalue weighted by atomic mass is 9.99. The van der Waals surface area contributed by atoms with Crippen LogP contribution < -0.4 is 0 Å². The molecule has 24 heavy (non-hydrogen) atoms. The Kier molecular flexibility index (Phi) is 7.87. The van der Waals surface area contributed by atoms with Crippen molar-refractivity contribution in [3.05, 3.63) is 0 Å². The van der Waals surface area contributed by atoms with Crippen LogP contribution in [-0.2, 0) is 42.9 Å². The number of carbonyl (C=O) groups excluding carboxylic acids is 4. The minimum atomic E-state index is -1.10. The zero-order chi connectivity index (χ0) is 18.4. The molecule has 1 heterocycles. The van der Waals surface area contributed by atoms with Crippen LogP contribution in [0.1, 0.15) is 27.7 Å². The molecule has 0 spiro atoms. The summed E-state index contributed by atoms with van der Waals surface area (Å²) in [6.07, 6.45) is -4.05. The fourth-order valence-electron chi connectivity index (χ4n) is 2.18. The van der Waals surface area contributed by atoms with Crippen molar-refractivity contribution < 1.29 is 42.9 Å². The van der Waals surface area contributed by atoms with E-state index in [2.05, 4.69) is 0 Å². The third kappa shape index (κ3) is 6.23. The third-order valence-corrected chi connectivity index (χ3v) is 3.94. The van der Waals surface area contributed by atoms with E-state index in [1.165, 1.54) is 27.7 Å².